The SMILES string of the molecule is CCC(N)C(Oc1ccc(C)c(F)c1)c1ccc(C)s1. The van der Waals surface area contributed by atoms with Crippen molar-refractivity contribution in [3.8, 4) is 5.75 Å². The molecule has 1 aromatic heterocycles. The van der Waals surface area contributed by atoms with Gasteiger partial charge in [-0.05, 0) is 44.0 Å². The van der Waals surface area contributed by atoms with E-state index in [2.05, 4.69) is 6.07 Å². The molecule has 108 valence electrons. The van der Waals surface area contributed by atoms with E-state index in [1.165, 1.54) is 10.9 Å². The average Bonchev–Trinajstić information content (AvgIpc) is 2.85. The number of nitrogens with two attached hydrogens (primary N) is 1. The molecule has 1 heterocycles. The van der Waals surface area contributed by atoms with Gasteiger partial charge in [0.2, 0.25) is 0 Å². The van der Waals surface area contributed by atoms with Gasteiger partial charge in [0.1, 0.15) is 17.7 Å². The first kappa shape index (κ1) is 15.0. The van der Waals surface area contributed by atoms with Crippen LogP contribution in [0.1, 0.15) is 34.8 Å². The zero-order valence-corrected chi connectivity index (χ0v) is 12.8. The molecule has 2 aromatic rings. The number of aryl methyl sites for hydroxylation is 2. The standard InChI is InChI=1S/C16H20FNOS/c1-4-14(18)16(15-8-6-11(3)20-15)19-12-7-5-10(2)13(17)9-12/h5-9,14,16H,4,18H2,1-3H3. The van der Waals surface area contributed by atoms with Crippen molar-refractivity contribution in [1.82, 2.24) is 0 Å². The third-order valence-corrected chi connectivity index (χ3v) is 4.37. The first-order valence-corrected chi connectivity index (χ1v) is 7.57. The topological polar surface area (TPSA) is 35.2 Å². The Balaban J connectivity index is 2.25. The summed E-state index contributed by atoms with van der Waals surface area (Å²) in [6.07, 6.45) is 0.566. The van der Waals surface area contributed by atoms with Crippen LogP contribution in [0.3, 0.4) is 0 Å². The van der Waals surface area contributed by atoms with Crippen molar-refractivity contribution < 1.29 is 9.13 Å². The minimum atomic E-state index is -0.256. The average molecular weight is 293 g/mol. The van der Waals surface area contributed by atoms with Gasteiger partial charge in [0.05, 0.1) is 0 Å². The van der Waals surface area contributed by atoms with Gasteiger partial charge in [-0.2, -0.15) is 0 Å². The predicted octanol–water partition coefficient (Wildman–Crippen LogP) is 4.36. The minimum Gasteiger partial charge on any atom is -0.483 e. The van der Waals surface area contributed by atoms with E-state index < -0.39 is 0 Å². The van der Waals surface area contributed by atoms with Gasteiger partial charge >= 0.3 is 0 Å². The first-order chi connectivity index (χ1) is 9.51. The van der Waals surface area contributed by atoms with Crippen LogP contribution in [0.25, 0.3) is 0 Å². The Hall–Kier alpha value is -1.39. The summed E-state index contributed by atoms with van der Waals surface area (Å²) in [6.45, 7) is 5.81. The van der Waals surface area contributed by atoms with Gasteiger partial charge in [-0.3, -0.25) is 0 Å². The Morgan fingerprint density at radius 1 is 1.25 bits per heavy atom. The van der Waals surface area contributed by atoms with E-state index in [-0.39, 0.29) is 18.0 Å². The molecule has 0 bridgehead atoms. The summed E-state index contributed by atoms with van der Waals surface area (Å²) < 4.78 is 19.6. The van der Waals surface area contributed by atoms with Gasteiger partial charge in [-0.15, -0.1) is 11.3 Å². The maximum atomic E-state index is 13.6. The lowest BCUT2D eigenvalue weighted by molar-refractivity contribution is 0.174. The number of halogens is 1. The first-order valence-electron chi connectivity index (χ1n) is 6.76. The monoisotopic (exact) mass is 293 g/mol. The largest absolute Gasteiger partial charge is 0.483 e. The number of ether oxygens (including phenoxy) is 1. The highest BCUT2D eigenvalue weighted by molar-refractivity contribution is 7.12. The maximum absolute atomic E-state index is 13.6. The van der Waals surface area contributed by atoms with E-state index in [4.69, 9.17) is 10.5 Å². The van der Waals surface area contributed by atoms with E-state index >= 15 is 0 Å². The van der Waals surface area contributed by atoms with Gasteiger partial charge in [0, 0.05) is 21.9 Å². The molecule has 0 fully saturated rings. The van der Waals surface area contributed by atoms with Crippen molar-refractivity contribution in [1.29, 1.82) is 0 Å². The quantitative estimate of drug-likeness (QED) is 0.889. The lowest BCUT2D eigenvalue weighted by atomic mass is 10.1. The van der Waals surface area contributed by atoms with E-state index in [0.717, 1.165) is 11.3 Å². The number of rotatable bonds is 5. The second-order valence-corrected chi connectivity index (χ2v) is 6.29. The van der Waals surface area contributed by atoms with Gasteiger partial charge in [0.15, 0.2) is 0 Å². The molecule has 2 unspecified atom stereocenters. The van der Waals surface area contributed by atoms with Crippen LogP contribution in [-0.2, 0) is 0 Å². The molecular formula is C16H20FNOS. The fraction of sp³-hybridized carbons (Fsp3) is 0.375. The zero-order valence-electron chi connectivity index (χ0n) is 12.0. The summed E-state index contributed by atoms with van der Waals surface area (Å²) >= 11 is 1.67. The van der Waals surface area contributed by atoms with Gasteiger partial charge in [-0.1, -0.05) is 13.0 Å². The predicted molar refractivity (Wildman–Crippen MR) is 81.8 cm³/mol. The molecule has 4 heteroatoms. The minimum absolute atomic E-state index is 0.114. The molecule has 2 rings (SSSR count). The van der Waals surface area contributed by atoms with Crippen molar-refractivity contribution in [3.63, 3.8) is 0 Å². The van der Waals surface area contributed by atoms with E-state index in [1.807, 2.05) is 19.9 Å². The van der Waals surface area contributed by atoms with E-state index in [1.54, 1.807) is 30.4 Å². The summed E-state index contributed by atoms with van der Waals surface area (Å²) in [5.41, 5.74) is 6.77. The summed E-state index contributed by atoms with van der Waals surface area (Å²) in [7, 11) is 0. The number of thiophene rings is 1. The molecule has 1 aromatic carbocycles. The lowest BCUT2D eigenvalue weighted by Crippen LogP contribution is -2.30. The molecule has 2 N–H and O–H groups in total. The molecule has 0 aliphatic rings. The highest BCUT2D eigenvalue weighted by Crippen LogP contribution is 2.31. The fourth-order valence-electron chi connectivity index (χ4n) is 1.97. The Labute approximate surface area is 123 Å². The second-order valence-electron chi connectivity index (χ2n) is 4.97. The molecule has 0 aliphatic heterocycles. The van der Waals surface area contributed by atoms with Crippen LogP contribution >= 0.6 is 11.3 Å². The number of hydrogen-bond acceptors (Lipinski definition) is 3. The third kappa shape index (κ3) is 3.38. The molecule has 2 atom stereocenters. The third-order valence-electron chi connectivity index (χ3n) is 3.31. The highest BCUT2D eigenvalue weighted by atomic mass is 32.1. The van der Waals surface area contributed by atoms with Crippen LogP contribution in [0.2, 0.25) is 0 Å². The van der Waals surface area contributed by atoms with Crippen LogP contribution < -0.4 is 10.5 Å². The Morgan fingerprint density at radius 3 is 2.55 bits per heavy atom. The lowest BCUT2D eigenvalue weighted by Gasteiger charge is -2.23. The number of benzene rings is 1. The van der Waals surface area contributed by atoms with E-state index in [9.17, 15) is 4.39 Å². The van der Waals surface area contributed by atoms with Crippen LogP contribution in [-0.4, -0.2) is 6.04 Å². The molecular weight excluding hydrogens is 273 g/mol. The van der Waals surface area contributed by atoms with Crippen molar-refractivity contribution in [2.75, 3.05) is 0 Å². The van der Waals surface area contributed by atoms with Gasteiger partial charge in [0.25, 0.3) is 0 Å². The summed E-state index contributed by atoms with van der Waals surface area (Å²) in [5, 5.41) is 0. The van der Waals surface area contributed by atoms with Crippen molar-refractivity contribution in [2.24, 2.45) is 5.73 Å². The molecule has 0 spiro atoms. The summed E-state index contributed by atoms with van der Waals surface area (Å²) in [6, 6.07) is 8.90. The molecule has 0 saturated carbocycles. The summed E-state index contributed by atoms with van der Waals surface area (Å²) in [4.78, 5) is 2.30. The van der Waals surface area contributed by atoms with Crippen molar-refractivity contribution >= 4 is 11.3 Å². The normalized spacial score (nSPS) is 14.1. The fourth-order valence-corrected chi connectivity index (χ4v) is 2.95. The molecule has 2 nitrogen and oxygen atoms in total. The van der Waals surface area contributed by atoms with Crippen molar-refractivity contribution in [3.05, 3.63) is 51.5 Å². The second kappa shape index (κ2) is 6.37. The summed E-state index contributed by atoms with van der Waals surface area (Å²) in [5.74, 6) is 0.265. The Morgan fingerprint density at radius 2 is 2.00 bits per heavy atom. The Kier molecular flexibility index (Phi) is 4.78. The molecule has 0 aliphatic carbocycles. The van der Waals surface area contributed by atoms with Gasteiger partial charge < -0.3 is 10.5 Å². The van der Waals surface area contributed by atoms with Crippen LogP contribution in [0.15, 0.2) is 30.3 Å². The molecule has 0 saturated heterocycles. The van der Waals surface area contributed by atoms with Crippen LogP contribution in [0, 0.1) is 19.7 Å². The van der Waals surface area contributed by atoms with Crippen molar-refractivity contribution in [2.45, 2.75) is 39.3 Å². The van der Waals surface area contributed by atoms with Crippen LogP contribution in [0.4, 0.5) is 4.39 Å². The Bertz CT molecular complexity index is 582. The highest BCUT2D eigenvalue weighted by Gasteiger charge is 2.22. The molecule has 20 heavy (non-hydrogen) atoms. The van der Waals surface area contributed by atoms with Crippen LogP contribution in [0.5, 0.6) is 5.75 Å². The smallest absolute Gasteiger partial charge is 0.148 e. The maximum Gasteiger partial charge on any atom is 0.148 e. The van der Waals surface area contributed by atoms with E-state index in [0.29, 0.717) is 11.3 Å². The number of hydrogen-bond donors (Lipinski definition) is 1. The molecule has 0 amide bonds. The molecule has 0 radical (unpaired) electrons. The van der Waals surface area contributed by atoms with Gasteiger partial charge in [-0.25, -0.2) is 4.39 Å². The zero-order chi connectivity index (χ0) is 14.7.